The number of nitrogens with one attached hydrogen (secondary N) is 4. The summed E-state index contributed by atoms with van der Waals surface area (Å²) in [5, 5.41) is 10.6. The number of halogens is 2. The van der Waals surface area contributed by atoms with Crippen molar-refractivity contribution in [3.05, 3.63) is 46.7 Å². The standard InChI is InChI=1S/C23H25Cl2N7O5/c1-32(2)23(37)12-3-6-15(28-19(33)21(35)30-17-7-4-13(24)10-26-17)16(9-12)29-20(34)22(36)31-18-8-5-14(25)11-27-18/h4-5,7-8,10-12,15-16H,3,6,9H2,1-2H3,(H,28,33)(H,29,34)(H,26,30,35)(H,27,31,36)/t12-,15+,16-/m0/s1. The van der Waals surface area contributed by atoms with Gasteiger partial charge in [-0.3, -0.25) is 24.0 Å². The van der Waals surface area contributed by atoms with E-state index in [1.807, 2.05) is 0 Å². The lowest BCUT2D eigenvalue weighted by Gasteiger charge is -2.36. The van der Waals surface area contributed by atoms with Gasteiger partial charge in [0.1, 0.15) is 11.6 Å². The molecule has 0 bridgehead atoms. The Balaban J connectivity index is 1.67. The smallest absolute Gasteiger partial charge is 0.314 e. The van der Waals surface area contributed by atoms with Crippen LogP contribution in [0.2, 0.25) is 10.0 Å². The van der Waals surface area contributed by atoms with E-state index >= 15 is 0 Å². The van der Waals surface area contributed by atoms with Crippen molar-refractivity contribution >= 4 is 64.4 Å². The molecule has 37 heavy (non-hydrogen) atoms. The molecule has 3 rings (SSSR count). The molecule has 1 fully saturated rings. The molecule has 4 N–H and O–H groups in total. The highest BCUT2D eigenvalue weighted by Gasteiger charge is 2.37. The minimum atomic E-state index is -0.993. The van der Waals surface area contributed by atoms with Crippen LogP contribution in [0.25, 0.3) is 0 Å². The fourth-order valence-electron chi connectivity index (χ4n) is 3.81. The van der Waals surface area contributed by atoms with Crippen molar-refractivity contribution in [3.8, 4) is 0 Å². The zero-order chi connectivity index (χ0) is 27.1. The summed E-state index contributed by atoms with van der Waals surface area (Å²) in [5.74, 6) is -4.27. The summed E-state index contributed by atoms with van der Waals surface area (Å²) in [6.07, 6.45) is 3.47. The molecule has 196 valence electrons. The zero-order valence-corrected chi connectivity index (χ0v) is 21.5. The average Bonchev–Trinajstić information content (AvgIpc) is 2.87. The molecule has 2 heterocycles. The van der Waals surface area contributed by atoms with Crippen molar-refractivity contribution in [2.24, 2.45) is 5.92 Å². The van der Waals surface area contributed by atoms with Crippen LogP contribution in [0.1, 0.15) is 19.3 Å². The molecule has 0 unspecified atom stereocenters. The maximum Gasteiger partial charge on any atom is 0.314 e. The van der Waals surface area contributed by atoms with Crippen LogP contribution in [0.4, 0.5) is 11.6 Å². The first-order chi connectivity index (χ1) is 17.5. The van der Waals surface area contributed by atoms with Gasteiger partial charge in [0.15, 0.2) is 0 Å². The van der Waals surface area contributed by atoms with E-state index in [1.54, 1.807) is 14.1 Å². The second-order valence-corrected chi connectivity index (χ2v) is 9.41. The third-order valence-corrected chi connectivity index (χ3v) is 6.07. The number of amides is 5. The van der Waals surface area contributed by atoms with E-state index in [2.05, 4.69) is 31.2 Å². The number of hydrogen-bond donors (Lipinski definition) is 4. The number of hydrogen-bond acceptors (Lipinski definition) is 7. The van der Waals surface area contributed by atoms with Gasteiger partial charge in [0, 0.05) is 38.4 Å². The summed E-state index contributed by atoms with van der Waals surface area (Å²) in [5.41, 5.74) is 0. The van der Waals surface area contributed by atoms with Crippen LogP contribution >= 0.6 is 23.2 Å². The normalized spacial score (nSPS) is 18.8. The molecule has 1 aliphatic rings. The van der Waals surface area contributed by atoms with Crippen molar-refractivity contribution in [1.82, 2.24) is 25.5 Å². The van der Waals surface area contributed by atoms with E-state index < -0.39 is 41.6 Å². The molecule has 0 aliphatic heterocycles. The minimum Gasteiger partial charge on any atom is -0.349 e. The molecule has 0 saturated heterocycles. The van der Waals surface area contributed by atoms with Gasteiger partial charge in [0.2, 0.25) is 5.91 Å². The van der Waals surface area contributed by atoms with Crippen molar-refractivity contribution < 1.29 is 24.0 Å². The molecule has 2 aromatic rings. The van der Waals surface area contributed by atoms with Gasteiger partial charge in [-0.2, -0.15) is 0 Å². The predicted octanol–water partition coefficient (Wildman–Crippen LogP) is 1.22. The zero-order valence-electron chi connectivity index (χ0n) is 20.0. The lowest BCUT2D eigenvalue weighted by atomic mass is 9.81. The summed E-state index contributed by atoms with van der Waals surface area (Å²) in [6.45, 7) is 0. The highest BCUT2D eigenvalue weighted by Crippen LogP contribution is 2.26. The molecule has 0 spiro atoms. The lowest BCUT2D eigenvalue weighted by molar-refractivity contribution is -0.139. The highest BCUT2D eigenvalue weighted by molar-refractivity contribution is 6.40. The van der Waals surface area contributed by atoms with E-state index in [1.165, 1.54) is 41.6 Å². The Bertz CT molecular complexity index is 1180. The molecule has 5 amide bonds. The largest absolute Gasteiger partial charge is 0.349 e. The number of anilines is 2. The highest BCUT2D eigenvalue weighted by atomic mass is 35.5. The third kappa shape index (κ3) is 7.86. The molecule has 14 heteroatoms. The first-order valence-electron chi connectivity index (χ1n) is 11.2. The number of pyridine rings is 2. The molecule has 1 aliphatic carbocycles. The van der Waals surface area contributed by atoms with Crippen molar-refractivity contribution in [3.63, 3.8) is 0 Å². The lowest BCUT2D eigenvalue weighted by Crippen LogP contribution is -2.58. The molecule has 2 aromatic heterocycles. The Morgan fingerprint density at radius 3 is 1.68 bits per heavy atom. The summed E-state index contributed by atoms with van der Waals surface area (Å²) >= 11 is 11.5. The average molecular weight is 550 g/mol. The molecular formula is C23H25Cl2N7O5. The Labute approximate surface area is 222 Å². The Hall–Kier alpha value is -3.77. The molecular weight excluding hydrogens is 525 g/mol. The number of carbonyl (C=O) groups excluding carboxylic acids is 5. The van der Waals surface area contributed by atoms with E-state index in [0.717, 1.165) is 0 Å². The topological polar surface area (TPSA) is 162 Å². The number of rotatable bonds is 5. The van der Waals surface area contributed by atoms with Gasteiger partial charge in [-0.05, 0) is 43.5 Å². The van der Waals surface area contributed by atoms with Crippen LogP contribution in [0, 0.1) is 5.92 Å². The van der Waals surface area contributed by atoms with Gasteiger partial charge in [0.25, 0.3) is 0 Å². The first kappa shape index (κ1) is 27.8. The number of carbonyl (C=O) groups is 5. The first-order valence-corrected chi connectivity index (χ1v) is 12.0. The molecule has 3 atom stereocenters. The summed E-state index contributed by atoms with van der Waals surface area (Å²) in [6, 6.07) is 4.34. The quantitative estimate of drug-likeness (QED) is 0.407. The van der Waals surface area contributed by atoms with Crippen LogP contribution in [0.15, 0.2) is 36.7 Å². The van der Waals surface area contributed by atoms with Crippen LogP contribution in [0.3, 0.4) is 0 Å². The third-order valence-electron chi connectivity index (χ3n) is 5.62. The summed E-state index contributed by atoms with van der Waals surface area (Å²) in [4.78, 5) is 71.8. The van der Waals surface area contributed by atoms with Gasteiger partial charge in [-0.25, -0.2) is 9.97 Å². The molecule has 0 radical (unpaired) electrons. The Morgan fingerprint density at radius 2 is 1.24 bits per heavy atom. The van der Waals surface area contributed by atoms with E-state index in [9.17, 15) is 24.0 Å². The van der Waals surface area contributed by atoms with E-state index in [0.29, 0.717) is 16.5 Å². The second-order valence-electron chi connectivity index (χ2n) is 8.53. The second kappa shape index (κ2) is 12.5. The van der Waals surface area contributed by atoms with Gasteiger partial charge in [-0.1, -0.05) is 23.2 Å². The van der Waals surface area contributed by atoms with Crippen molar-refractivity contribution in [2.75, 3.05) is 24.7 Å². The monoisotopic (exact) mass is 549 g/mol. The maximum absolute atomic E-state index is 12.6. The van der Waals surface area contributed by atoms with Gasteiger partial charge in [0.05, 0.1) is 16.1 Å². The van der Waals surface area contributed by atoms with Crippen molar-refractivity contribution in [2.45, 2.75) is 31.3 Å². The Morgan fingerprint density at radius 1 is 0.757 bits per heavy atom. The van der Waals surface area contributed by atoms with E-state index in [4.69, 9.17) is 23.2 Å². The molecule has 12 nitrogen and oxygen atoms in total. The minimum absolute atomic E-state index is 0.117. The number of aromatic nitrogens is 2. The Kier molecular flexibility index (Phi) is 9.36. The van der Waals surface area contributed by atoms with Crippen molar-refractivity contribution in [1.29, 1.82) is 0 Å². The van der Waals surface area contributed by atoms with Crippen LogP contribution in [0.5, 0.6) is 0 Å². The molecule has 0 aromatic carbocycles. The fraction of sp³-hybridized carbons (Fsp3) is 0.348. The predicted molar refractivity (Wildman–Crippen MR) is 136 cm³/mol. The van der Waals surface area contributed by atoms with Gasteiger partial charge >= 0.3 is 23.6 Å². The SMILES string of the molecule is CN(C)C(=O)[C@H]1CC[C@@H](NC(=O)C(=O)Nc2ccc(Cl)cn2)[C@@H](NC(=O)C(=O)Nc2ccc(Cl)cn2)C1. The van der Waals surface area contributed by atoms with Gasteiger partial charge in [-0.15, -0.1) is 0 Å². The van der Waals surface area contributed by atoms with Gasteiger partial charge < -0.3 is 26.2 Å². The molecule has 1 saturated carbocycles. The van der Waals surface area contributed by atoms with Crippen LogP contribution in [-0.2, 0) is 24.0 Å². The maximum atomic E-state index is 12.6. The van der Waals surface area contributed by atoms with Crippen LogP contribution < -0.4 is 21.3 Å². The van der Waals surface area contributed by atoms with E-state index in [-0.39, 0.29) is 30.4 Å². The fourth-order valence-corrected chi connectivity index (χ4v) is 4.03. The summed E-state index contributed by atoms with van der Waals surface area (Å²) in [7, 11) is 3.23. The summed E-state index contributed by atoms with van der Waals surface area (Å²) < 4.78 is 0. The number of nitrogens with zero attached hydrogens (tertiary/aromatic N) is 3. The van der Waals surface area contributed by atoms with Crippen LogP contribution in [-0.4, -0.2) is 70.6 Å².